The largest absolute Gasteiger partial charge is 0.497 e. The van der Waals surface area contributed by atoms with E-state index in [0.717, 1.165) is 0 Å². The number of esters is 2. The van der Waals surface area contributed by atoms with Crippen molar-refractivity contribution in [1.29, 1.82) is 0 Å². The van der Waals surface area contributed by atoms with E-state index in [2.05, 4.69) is 9.47 Å². The Hall–Kier alpha value is -2.04. The first kappa shape index (κ1) is 12.0. The van der Waals surface area contributed by atoms with Crippen LogP contribution in [-0.2, 0) is 9.47 Å². The molecule has 0 saturated carbocycles. The fourth-order valence-corrected chi connectivity index (χ4v) is 1.22. The maximum absolute atomic E-state index is 11.4. The molecule has 16 heavy (non-hydrogen) atoms. The molecule has 0 aromatic heterocycles. The number of methoxy groups -OCH3 is 3. The van der Waals surface area contributed by atoms with Gasteiger partial charge in [-0.25, -0.2) is 9.59 Å². The first-order chi connectivity index (χ1) is 7.63. The Labute approximate surface area is 92.9 Å². The van der Waals surface area contributed by atoms with Crippen molar-refractivity contribution in [2.24, 2.45) is 0 Å². The number of hydrogen-bond donors (Lipinski definition) is 0. The van der Waals surface area contributed by atoms with Crippen molar-refractivity contribution in [3.05, 3.63) is 29.3 Å². The molecule has 0 heterocycles. The Morgan fingerprint density at radius 2 is 1.50 bits per heavy atom. The van der Waals surface area contributed by atoms with Crippen LogP contribution in [-0.4, -0.2) is 33.3 Å². The van der Waals surface area contributed by atoms with Crippen LogP contribution in [0.15, 0.2) is 18.2 Å². The molecule has 0 amide bonds. The standard InChI is InChI=1S/C11H12O5/c1-14-7-4-5-8(10(12)15-2)9(6-7)11(13)16-3/h4-6H,1-3H3. The van der Waals surface area contributed by atoms with E-state index in [1.54, 1.807) is 6.07 Å². The van der Waals surface area contributed by atoms with Crippen molar-refractivity contribution < 1.29 is 23.8 Å². The number of rotatable bonds is 3. The average Bonchev–Trinajstić information content (AvgIpc) is 2.36. The van der Waals surface area contributed by atoms with Crippen molar-refractivity contribution >= 4 is 11.9 Å². The summed E-state index contributed by atoms with van der Waals surface area (Å²) in [4.78, 5) is 22.8. The quantitative estimate of drug-likeness (QED) is 0.723. The lowest BCUT2D eigenvalue weighted by Gasteiger charge is -2.08. The Morgan fingerprint density at radius 3 is 2.00 bits per heavy atom. The van der Waals surface area contributed by atoms with Crippen LogP contribution in [0.25, 0.3) is 0 Å². The van der Waals surface area contributed by atoms with E-state index in [1.165, 1.54) is 33.5 Å². The molecule has 0 N–H and O–H groups in total. The molecular weight excluding hydrogens is 212 g/mol. The van der Waals surface area contributed by atoms with E-state index in [9.17, 15) is 9.59 Å². The van der Waals surface area contributed by atoms with Gasteiger partial charge in [0, 0.05) is 0 Å². The molecule has 1 aromatic rings. The molecule has 5 heteroatoms. The highest BCUT2D eigenvalue weighted by Crippen LogP contribution is 2.19. The van der Waals surface area contributed by atoms with Gasteiger partial charge in [0.2, 0.25) is 0 Å². The molecule has 0 fully saturated rings. The molecule has 1 aromatic carbocycles. The summed E-state index contributed by atoms with van der Waals surface area (Å²) in [7, 11) is 3.95. The summed E-state index contributed by atoms with van der Waals surface area (Å²) in [5, 5.41) is 0. The van der Waals surface area contributed by atoms with Gasteiger partial charge >= 0.3 is 11.9 Å². The molecular formula is C11H12O5. The van der Waals surface area contributed by atoms with E-state index in [-0.39, 0.29) is 11.1 Å². The highest BCUT2D eigenvalue weighted by Gasteiger charge is 2.18. The van der Waals surface area contributed by atoms with Crippen molar-refractivity contribution in [2.75, 3.05) is 21.3 Å². The lowest BCUT2D eigenvalue weighted by Crippen LogP contribution is -2.11. The van der Waals surface area contributed by atoms with Crippen LogP contribution in [0.1, 0.15) is 20.7 Å². The molecule has 0 saturated heterocycles. The minimum absolute atomic E-state index is 0.119. The number of carbonyl (C=O) groups is 2. The average molecular weight is 224 g/mol. The molecule has 0 atom stereocenters. The monoisotopic (exact) mass is 224 g/mol. The zero-order chi connectivity index (χ0) is 12.1. The number of hydrogen-bond acceptors (Lipinski definition) is 5. The van der Waals surface area contributed by atoms with Crippen molar-refractivity contribution in [3.8, 4) is 5.75 Å². The van der Waals surface area contributed by atoms with Gasteiger partial charge < -0.3 is 14.2 Å². The second kappa shape index (κ2) is 5.16. The zero-order valence-corrected chi connectivity index (χ0v) is 9.27. The molecule has 0 unspecified atom stereocenters. The molecule has 0 bridgehead atoms. The van der Waals surface area contributed by atoms with E-state index in [1.807, 2.05) is 0 Å². The van der Waals surface area contributed by atoms with Gasteiger partial charge in [-0.15, -0.1) is 0 Å². The normalized spacial score (nSPS) is 9.44. The van der Waals surface area contributed by atoms with Crippen LogP contribution in [0.3, 0.4) is 0 Å². The first-order valence-electron chi connectivity index (χ1n) is 4.48. The second-order valence-electron chi connectivity index (χ2n) is 2.89. The Bertz CT molecular complexity index is 411. The maximum Gasteiger partial charge on any atom is 0.338 e. The van der Waals surface area contributed by atoms with Crippen molar-refractivity contribution in [3.63, 3.8) is 0 Å². The highest BCUT2D eigenvalue weighted by atomic mass is 16.5. The van der Waals surface area contributed by atoms with E-state index in [4.69, 9.17) is 4.74 Å². The maximum atomic E-state index is 11.4. The highest BCUT2D eigenvalue weighted by molar-refractivity contribution is 6.03. The van der Waals surface area contributed by atoms with Gasteiger partial charge in [0.1, 0.15) is 5.75 Å². The fraction of sp³-hybridized carbons (Fsp3) is 0.273. The predicted octanol–water partition coefficient (Wildman–Crippen LogP) is 1.27. The van der Waals surface area contributed by atoms with E-state index >= 15 is 0 Å². The Kier molecular flexibility index (Phi) is 3.88. The van der Waals surface area contributed by atoms with Gasteiger partial charge in [0.05, 0.1) is 32.5 Å². The number of ether oxygens (including phenoxy) is 3. The van der Waals surface area contributed by atoms with Gasteiger partial charge in [-0.3, -0.25) is 0 Å². The molecule has 5 nitrogen and oxygen atoms in total. The van der Waals surface area contributed by atoms with Gasteiger partial charge in [-0.1, -0.05) is 0 Å². The molecule has 0 aliphatic rings. The summed E-state index contributed by atoms with van der Waals surface area (Å²) in [5.41, 5.74) is 0.267. The third-order valence-electron chi connectivity index (χ3n) is 2.04. The van der Waals surface area contributed by atoms with Crippen LogP contribution in [0.5, 0.6) is 5.75 Å². The smallest absolute Gasteiger partial charge is 0.338 e. The van der Waals surface area contributed by atoms with Gasteiger partial charge in [0.25, 0.3) is 0 Å². The SMILES string of the molecule is COC(=O)c1ccc(OC)cc1C(=O)OC. The fourth-order valence-electron chi connectivity index (χ4n) is 1.22. The van der Waals surface area contributed by atoms with Gasteiger partial charge in [0.15, 0.2) is 0 Å². The minimum Gasteiger partial charge on any atom is -0.497 e. The molecule has 1 rings (SSSR count). The van der Waals surface area contributed by atoms with Gasteiger partial charge in [-0.2, -0.15) is 0 Å². The van der Waals surface area contributed by atoms with Crippen LogP contribution >= 0.6 is 0 Å². The van der Waals surface area contributed by atoms with Crippen LogP contribution in [0.4, 0.5) is 0 Å². The third kappa shape index (κ3) is 2.31. The Morgan fingerprint density at radius 1 is 0.938 bits per heavy atom. The topological polar surface area (TPSA) is 61.8 Å². The summed E-state index contributed by atoms with van der Waals surface area (Å²) in [6.45, 7) is 0. The molecule has 86 valence electrons. The predicted molar refractivity (Wildman–Crippen MR) is 55.7 cm³/mol. The van der Waals surface area contributed by atoms with Crippen LogP contribution in [0.2, 0.25) is 0 Å². The minimum atomic E-state index is -0.612. The summed E-state index contributed by atoms with van der Waals surface area (Å²) < 4.78 is 14.1. The second-order valence-corrected chi connectivity index (χ2v) is 2.89. The summed E-state index contributed by atoms with van der Waals surface area (Å²) in [6, 6.07) is 4.45. The van der Waals surface area contributed by atoms with Crippen LogP contribution in [0, 0.1) is 0 Å². The lowest BCUT2D eigenvalue weighted by atomic mass is 10.1. The zero-order valence-electron chi connectivity index (χ0n) is 9.27. The lowest BCUT2D eigenvalue weighted by molar-refractivity contribution is 0.0555. The molecule has 0 radical (unpaired) electrons. The van der Waals surface area contributed by atoms with Gasteiger partial charge in [-0.05, 0) is 18.2 Å². The summed E-state index contributed by atoms with van der Waals surface area (Å²) in [5.74, 6) is -0.740. The molecule has 0 spiro atoms. The number of benzene rings is 1. The van der Waals surface area contributed by atoms with Crippen molar-refractivity contribution in [2.45, 2.75) is 0 Å². The molecule has 0 aliphatic carbocycles. The van der Waals surface area contributed by atoms with E-state index < -0.39 is 11.9 Å². The van der Waals surface area contributed by atoms with E-state index in [0.29, 0.717) is 5.75 Å². The summed E-state index contributed by atoms with van der Waals surface area (Å²) >= 11 is 0. The first-order valence-corrected chi connectivity index (χ1v) is 4.48. The Balaban J connectivity index is 3.26. The van der Waals surface area contributed by atoms with Crippen molar-refractivity contribution in [1.82, 2.24) is 0 Å². The third-order valence-corrected chi connectivity index (χ3v) is 2.04. The molecule has 0 aliphatic heterocycles. The number of carbonyl (C=O) groups excluding carboxylic acids is 2. The summed E-state index contributed by atoms with van der Waals surface area (Å²) in [6.07, 6.45) is 0. The van der Waals surface area contributed by atoms with Crippen LogP contribution < -0.4 is 4.74 Å².